The molecule has 1 aromatic rings. The second-order valence-corrected chi connectivity index (χ2v) is 5.22. The minimum atomic E-state index is -0.722. The topological polar surface area (TPSA) is 29.5 Å². The van der Waals surface area contributed by atoms with Crippen LogP contribution < -0.4 is 0 Å². The number of rotatable bonds is 2. The van der Waals surface area contributed by atoms with Crippen LogP contribution in [0.1, 0.15) is 23.8 Å². The Hall–Kier alpha value is -0.380. The van der Waals surface area contributed by atoms with Gasteiger partial charge in [0.2, 0.25) is 0 Å². The van der Waals surface area contributed by atoms with E-state index in [0.717, 1.165) is 18.6 Å². The summed E-state index contributed by atoms with van der Waals surface area (Å²) in [7, 11) is 0. The molecule has 78 valence electrons. The molecule has 3 heteroatoms. The van der Waals surface area contributed by atoms with E-state index in [1.54, 1.807) is 11.3 Å². The Morgan fingerprint density at radius 3 is 2.93 bits per heavy atom. The molecular weight excluding hydrogens is 196 g/mol. The molecule has 0 bridgehead atoms. The fourth-order valence-electron chi connectivity index (χ4n) is 2.11. The van der Waals surface area contributed by atoms with Crippen LogP contribution in [-0.4, -0.2) is 18.3 Å². The van der Waals surface area contributed by atoms with Gasteiger partial charge < -0.3 is 9.84 Å². The van der Waals surface area contributed by atoms with Crippen LogP contribution in [0.25, 0.3) is 0 Å². The van der Waals surface area contributed by atoms with Crippen molar-refractivity contribution in [3.63, 3.8) is 0 Å². The van der Waals surface area contributed by atoms with E-state index in [1.807, 2.05) is 18.4 Å². The maximum Gasteiger partial charge on any atom is 0.0929 e. The molecule has 2 nitrogen and oxygen atoms in total. The first-order valence-electron chi connectivity index (χ1n) is 4.97. The van der Waals surface area contributed by atoms with E-state index in [9.17, 15) is 5.11 Å². The van der Waals surface area contributed by atoms with Crippen molar-refractivity contribution in [2.45, 2.75) is 25.9 Å². The Labute approximate surface area is 88.5 Å². The molecular formula is C11H16O2S. The van der Waals surface area contributed by atoms with Gasteiger partial charge in [-0.25, -0.2) is 0 Å². The third kappa shape index (κ3) is 1.60. The molecule has 0 saturated carbocycles. The van der Waals surface area contributed by atoms with E-state index in [1.165, 1.54) is 4.88 Å². The number of hydrogen-bond acceptors (Lipinski definition) is 3. The quantitative estimate of drug-likeness (QED) is 0.815. The SMILES string of the molecule is Cc1sccc1C(C)(O)C1CCOC1. The van der Waals surface area contributed by atoms with Crippen molar-refractivity contribution in [1.82, 2.24) is 0 Å². The van der Waals surface area contributed by atoms with Gasteiger partial charge in [-0.2, -0.15) is 0 Å². The highest BCUT2D eigenvalue weighted by molar-refractivity contribution is 7.10. The molecule has 1 fully saturated rings. The second-order valence-electron chi connectivity index (χ2n) is 4.10. The van der Waals surface area contributed by atoms with Gasteiger partial charge in [-0.15, -0.1) is 11.3 Å². The van der Waals surface area contributed by atoms with Crippen molar-refractivity contribution < 1.29 is 9.84 Å². The lowest BCUT2D eigenvalue weighted by atomic mass is 9.83. The van der Waals surface area contributed by atoms with Crippen molar-refractivity contribution in [2.75, 3.05) is 13.2 Å². The second kappa shape index (κ2) is 3.65. The largest absolute Gasteiger partial charge is 0.385 e. The van der Waals surface area contributed by atoms with Gasteiger partial charge in [0.05, 0.1) is 12.2 Å². The molecule has 1 N–H and O–H groups in total. The lowest BCUT2D eigenvalue weighted by Gasteiger charge is -2.29. The molecule has 2 atom stereocenters. The van der Waals surface area contributed by atoms with Crippen molar-refractivity contribution in [2.24, 2.45) is 5.92 Å². The Morgan fingerprint density at radius 1 is 1.64 bits per heavy atom. The molecule has 1 aliphatic heterocycles. The van der Waals surface area contributed by atoms with Gasteiger partial charge in [-0.1, -0.05) is 0 Å². The van der Waals surface area contributed by atoms with Crippen LogP contribution in [0, 0.1) is 12.8 Å². The average Bonchev–Trinajstić information content (AvgIpc) is 2.72. The Morgan fingerprint density at radius 2 is 2.43 bits per heavy atom. The molecule has 1 saturated heterocycles. The summed E-state index contributed by atoms with van der Waals surface area (Å²) in [5.41, 5.74) is 0.346. The fourth-order valence-corrected chi connectivity index (χ4v) is 2.92. The summed E-state index contributed by atoms with van der Waals surface area (Å²) in [6.07, 6.45) is 0.961. The first-order chi connectivity index (χ1) is 6.62. The third-order valence-corrected chi connectivity index (χ3v) is 3.97. The average molecular weight is 212 g/mol. The highest BCUT2D eigenvalue weighted by atomic mass is 32.1. The molecule has 0 aliphatic carbocycles. The third-order valence-electron chi connectivity index (χ3n) is 3.13. The number of ether oxygens (including phenoxy) is 1. The van der Waals surface area contributed by atoms with Gasteiger partial charge in [-0.3, -0.25) is 0 Å². The van der Waals surface area contributed by atoms with Crippen molar-refractivity contribution in [3.05, 3.63) is 21.9 Å². The van der Waals surface area contributed by atoms with Crippen LogP contribution >= 0.6 is 11.3 Å². The Balaban J connectivity index is 2.26. The fraction of sp³-hybridized carbons (Fsp3) is 0.636. The summed E-state index contributed by atoms with van der Waals surface area (Å²) < 4.78 is 5.32. The van der Waals surface area contributed by atoms with E-state index in [2.05, 4.69) is 6.92 Å². The van der Waals surface area contributed by atoms with Gasteiger partial charge in [0.15, 0.2) is 0 Å². The molecule has 0 spiro atoms. The maximum atomic E-state index is 10.5. The molecule has 1 aliphatic rings. The molecule has 14 heavy (non-hydrogen) atoms. The predicted octanol–water partition coefficient (Wildman–Crippen LogP) is 2.30. The summed E-state index contributed by atoms with van der Waals surface area (Å²) in [4.78, 5) is 1.21. The van der Waals surface area contributed by atoms with E-state index < -0.39 is 5.60 Å². The minimum absolute atomic E-state index is 0.246. The molecule has 0 radical (unpaired) electrons. The van der Waals surface area contributed by atoms with Crippen LogP contribution in [0.2, 0.25) is 0 Å². The van der Waals surface area contributed by atoms with Gasteiger partial charge in [0, 0.05) is 17.4 Å². The van der Waals surface area contributed by atoms with Crippen molar-refractivity contribution in [3.8, 4) is 0 Å². The normalized spacial score (nSPS) is 26.4. The van der Waals surface area contributed by atoms with Gasteiger partial charge in [-0.05, 0) is 37.3 Å². The first-order valence-corrected chi connectivity index (χ1v) is 5.85. The van der Waals surface area contributed by atoms with Gasteiger partial charge in [0.25, 0.3) is 0 Å². The minimum Gasteiger partial charge on any atom is -0.385 e. The molecule has 2 rings (SSSR count). The lowest BCUT2D eigenvalue weighted by Crippen LogP contribution is -2.32. The van der Waals surface area contributed by atoms with Crippen molar-refractivity contribution >= 4 is 11.3 Å². The summed E-state index contributed by atoms with van der Waals surface area (Å²) >= 11 is 1.69. The monoisotopic (exact) mass is 212 g/mol. The maximum absolute atomic E-state index is 10.5. The Bertz CT molecular complexity index is 311. The lowest BCUT2D eigenvalue weighted by molar-refractivity contribution is -0.00980. The van der Waals surface area contributed by atoms with Gasteiger partial charge in [0.1, 0.15) is 0 Å². The Kier molecular flexibility index (Phi) is 2.64. The van der Waals surface area contributed by atoms with E-state index in [4.69, 9.17) is 4.74 Å². The van der Waals surface area contributed by atoms with E-state index in [-0.39, 0.29) is 5.92 Å². The van der Waals surface area contributed by atoms with Crippen LogP contribution in [-0.2, 0) is 10.3 Å². The smallest absolute Gasteiger partial charge is 0.0929 e. The molecule has 0 aromatic carbocycles. The molecule has 0 amide bonds. The van der Waals surface area contributed by atoms with Crippen LogP contribution in [0.15, 0.2) is 11.4 Å². The summed E-state index contributed by atoms with van der Waals surface area (Å²) in [6.45, 7) is 5.43. The zero-order valence-electron chi connectivity index (χ0n) is 8.62. The zero-order valence-corrected chi connectivity index (χ0v) is 9.43. The molecule has 2 heterocycles. The van der Waals surface area contributed by atoms with Crippen LogP contribution in [0.3, 0.4) is 0 Å². The highest BCUT2D eigenvalue weighted by Crippen LogP contribution is 2.37. The molecule has 2 unspecified atom stereocenters. The van der Waals surface area contributed by atoms with E-state index in [0.29, 0.717) is 6.61 Å². The molecule has 1 aromatic heterocycles. The number of aryl methyl sites for hydroxylation is 1. The number of thiophene rings is 1. The van der Waals surface area contributed by atoms with Gasteiger partial charge >= 0.3 is 0 Å². The zero-order chi connectivity index (χ0) is 10.2. The summed E-state index contributed by atoms with van der Waals surface area (Å²) in [6, 6.07) is 2.03. The summed E-state index contributed by atoms with van der Waals surface area (Å²) in [5, 5.41) is 12.5. The first kappa shape index (κ1) is 10.1. The van der Waals surface area contributed by atoms with Crippen molar-refractivity contribution in [1.29, 1.82) is 0 Å². The predicted molar refractivity (Wildman–Crippen MR) is 57.6 cm³/mol. The van der Waals surface area contributed by atoms with Crippen LogP contribution in [0.5, 0.6) is 0 Å². The standard InChI is InChI=1S/C11H16O2S/c1-8-10(4-6-14-8)11(2,12)9-3-5-13-7-9/h4,6,9,12H,3,5,7H2,1-2H3. The number of aliphatic hydroxyl groups is 1. The summed E-state index contributed by atoms with van der Waals surface area (Å²) in [5.74, 6) is 0.246. The van der Waals surface area contributed by atoms with Crippen LogP contribution in [0.4, 0.5) is 0 Å². The highest BCUT2D eigenvalue weighted by Gasteiger charge is 2.37. The van der Waals surface area contributed by atoms with E-state index >= 15 is 0 Å². The number of hydrogen-bond donors (Lipinski definition) is 1.